The molecule has 0 fully saturated rings. The molecule has 16 heavy (non-hydrogen) atoms. The summed E-state index contributed by atoms with van der Waals surface area (Å²) in [5.41, 5.74) is 5.09. The molecule has 0 amide bonds. The Morgan fingerprint density at radius 2 is 2.12 bits per heavy atom. The molecule has 1 unspecified atom stereocenters. The van der Waals surface area contributed by atoms with E-state index in [1.54, 1.807) is 0 Å². The number of rotatable bonds is 4. The molecule has 3 N–H and O–H groups in total. The Morgan fingerprint density at radius 3 is 2.56 bits per heavy atom. The molecule has 1 rings (SSSR count). The molecule has 0 heterocycles. The summed E-state index contributed by atoms with van der Waals surface area (Å²) in [6, 6.07) is 4.23. The zero-order valence-electron chi connectivity index (χ0n) is 9.21. The summed E-state index contributed by atoms with van der Waals surface area (Å²) in [4.78, 5) is 0. The zero-order valence-corrected chi connectivity index (χ0v) is 9.21. The van der Waals surface area contributed by atoms with Gasteiger partial charge < -0.3 is 15.6 Å². The first-order valence-electron chi connectivity index (χ1n) is 4.85. The van der Waals surface area contributed by atoms with Crippen molar-refractivity contribution < 1.29 is 18.6 Å². The van der Waals surface area contributed by atoms with Crippen molar-refractivity contribution in [2.75, 3.05) is 13.7 Å². The molecule has 0 aromatic heterocycles. The molecule has 0 spiro atoms. The van der Waals surface area contributed by atoms with Crippen molar-refractivity contribution >= 4 is 0 Å². The van der Waals surface area contributed by atoms with Gasteiger partial charge in [0.05, 0.1) is 13.2 Å². The van der Waals surface area contributed by atoms with E-state index in [-0.39, 0.29) is 23.4 Å². The minimum Gasteiger partial charge on any atom is -0.496 e. The minimum atomic E-state index is -3.04. The van der Waals surface area contributed by atoms with E-state index in [0.29, 0.717) is 0 Å². The summed E-state index contributed by atoms with van der Waals surface area (Å²) >= 11 is 0. The maximum Gasteiger partial charge on any atom is 0.271 e. The Kier molecular flexibility index (Phi) is 3.83. The highest BCUT2D eigenvalue weighted by Crippen LogP contribution is 2.37. The highest BCUT2D eigenvalue weighted by Gasteiger charge is 2.31. The van der Waals surface area contributed by atoms with Gasteiger partial charge in [0.1, 0.15) is 5.75 Å². The van der Waals surface area contributed by atoms with E-state index in [1.807, 2.05) is 0 Å². The van der Waals surface area contributed by atoms with Gasteiger partial charge in [-0.25, -0.2) is 8.78 Å². The van der Waals surface area contributed by atoms with E-state index in [4.69, 9.17) is 10.5 Å². The summed E-state index contributed by atoms with van der Waals surface area (Å²) in [7, 11) is 1.36. The zero-order chi connectivity index (χ0) is 12.3. The lowest BCUT2D eigenvalue weighted by molar-refractivity contribution is 0.0135. The number of hydrogen-bond donors (Lipinski definition) is 2. The molecule has 0 aliphatic carbocycles. The van der Waals surface area contributed by atoms with Crippen molar-refractivity contribution in [1.29, 1.82) is 0 Å². The molecular formula is C11H15F2NO2. The number of aliphatic hydroxyl groups excluding tert-OH is 1. The van der Waals surface area contributed by atoms with Gasteiger partial charge in [0, 0.05) is 24.6 Å². The molecule has 0 radical (unpaired) electrons. The third kappa shape index (κ3) is 2.48. The van der Waals surface area contributed by atoms with Gasteiger partial charge in [-0.15, -0.1) is 0 Å². The van der Waals surface area contributed by atoms with Crippen molar-refractivity contribution in [2.45, 2.75) is 19.0 Å². The van der Waals surface area contributed by atoms with E-state index < -0.39 is 12.0 Å². The number of ether oxygens (including phenoxy) is 1. The summed E-state index contributed by atoms with van der Waals surface area (Å²) < 4.78 is 31.6. The van der Waals surface area contributed by atoms with Gasteiger partial charge in [0.2, 0.25) is 0 Å². The van der Waals surface area contributed by atoms with Crippen LogP contribution in [0.3, 0.4) is 0 Å². The Bertz CT molecular complexity index is 363. The van der Waals surface area contributed by atoms with Crippen molar-refractivity contribution in [3.8, 4) is 5.75 Å². The first-order chi connectivity index (χ1) is 7.41. The third-order valence-electron chi connectivity index (χ3n) is 2.32. The number of aliphatic hydroxyl groups is 1. The fourth-order valence-corrected chi connectivity index (χ4v) is 1.57. The first kappa shape index (κ1) is 12.9. The molecule has 1 atom stereocenters. The molecule has 0 aliphatic rings. The quantitative estimate of drug-likeness (QED) is 0.830. The van der Waals surface area contributed by atoms with Crippen molar-refractivity contribution in [2.24, 2.45) is 5.73 Å². The third-order valence-corrected chi connectivity index (χ3v) is 2.32. The van der Waals surface area contributed by atoms with E-state index in [0.717, 1.165) is 6.92 Å². The maximum atomic E-state index is 13.3. The monoisotopic (exact) mass is 231 g/mol. The van der Waals surface area contributed by atoms with Gasteiger partial charge in [-0.1, -0.05) is 12.1 Å². The van der Waals surface area contributed by atoms with Gasteiger partial charge in [-0.3, -0.25) is 0 Å². The van der Waals surface area contributed by atoms with Crippen LogP contribution < -0.4 is 10.5 Å². The number of nitrogens with two attached hydrogens (primary N) is 1. The van der Waals surface area contributed by atoms with Crippen molar-refractivity contribution in [1.82, 2.24) is 0 Å². The fourth-order valence-electron chi connectivity index (χ4n) is 1.57. The molecule has 90 valence electrons. The predicted octanol–water partition coefficient (Wildman–Crippen LogP) is 1.80. The highest BCUT2D eigenvalue weighted by atomic mass is 19.3. The van der Waals surface area contributed by atoms with Crippen LogP contribution >= 0.6 is 0 Å². The molecule has 0 aliphatic heterocycles. The molecular weight excluding hydrogens is 216 g/mol. The fraction of sp³-hybridized carbons (Fsp3) is 0.455. The van der Waals surface area contributed by atoms with Gasteiger partial charge in [-0.05, 0) is 6.07 Å². The predicted molar refractivity (Wildman–Crippen MR) is 56.6 cm³/mol. The maximum absolute atomic E-state index is 13.3. The van der Waals surface area contributed by atoms with Crippen LogP contribution in [0.25, 0.3) is 0 Å². The second-order valence-corrected chi connectivity index (χ2v) is 3.56. The number of methoxy groups -OCH3 is 1. The van der Waals surface area contributed by atoms with Crippen LogP contribution in [0.15, 0.2) is 18.2 Å². The average molecular weight is 231 g/mol. The second kappa shape index (κ2) is 4.76. The lowest BCUT2D eigenvalue weighted by atomic mass is 9.97. The lowest BCUT2D eigenvalue weighted by Gasteiger charge is -2.21. The average Bonchev–Trinajstić information content (AvgIpc) is 2.25. The van der Waals surface area contributed by atoms with Crippen LogP contribution in [0.4, 0.5) is 8.78 Å². The van der Waals surface area contributed by atoms with E-state index >= 15 is 0 Å². The van der Waals surface area contributed by atoms with Crippen LogP contribution in [0, 0.1) is 0 Å². The van der Waals surface area contributed by atoms with E-state index in [9.17, 15) is 13.9 Å². The van der Waals surface area contributed by atoms with Crippen LogP contribution in [-0.2, 0) is 5.92 Å². The number of alkyl halides is 2. The second-order valence-electron chi connectivity index (χ2n) is 3.56. The lowest BCUT2D eigenvalue weighted by Crippen LogP contribution is -2.19. The van der Waals surface area contributed by atoms with Gasteiger partial charge in [-0.2, -0.15) is 0 Å². The van der Waals surface area contributed by atoms with Crippen LogP contribution in [0.2, 0.25) is 0 Å². The highest BCUT2D eigenvalue weighted by molar-refractivity contribution is 5.44. The summed E-state index contributed by atoms with van der Waals surface area (Å²) in [5, 5.41) is 9.65. The van der Waals surface area contributed by atoms with Gasteiger partial charge >= 0.3 is 0 Å². The Labute approximate surface area is 92.8 Å². The standard InChI is InChI=1S/C11H15F2NO2/c1-11(12,13)7-4-3-5-9(16-2)10(7)8(15)6-14/h3-5,8,15H,6,14H2,1-2H3. The molecule has 0 saturated heterocycles. The Balaban J connectivity index is 3.38. The Hall–Kier alpha value is -1.20. The SMILES string of the molecule is COc1cccc(C(C)(F)F)c1C(O)CN. The smallest absolute Gasteiger partial charge is 0.271 e. The van der Waals surface area contributed by atoms with E-state index in [1.165, 1.54) is 25.3 Å². The molecule has 1 aromatic carbocycles. The topological polar surface area (TPSA) is 55.5 Å². The molecule has 3 nitrogen and oxygen atoms in total. The number of halogens is 2. The van der Waals surface area contributed by atoms with Crippen LogP contribution in [0.5, 0.6) is 5.75 Å². The normalized spacial score (nSPS) is 13.6. The van der Waals surface area contributed by atoms with Gasteiger partial charge in [0.15, 0.2) is 0 Å². The molecule has 1 aromatic rings. The van der Waals surface area contributed by atoms with E-state index in [2.05, 4.69) is 0 Å². The van der Waals surface area contributed by atoms with Gasteiger partial charge in [0.25, 0.3) is 5.92 Å². The largest absolute Gasteiger partial charge is 0.496 e. The first-order valence-corrected chi connectivity index (χ1v) is 4.85. The van der Waals surface area contributed by atoms with Crippen molar-refractivity contribution in [3.63, 3.8) is 0 Å². The Morgan fingerprint density at radius 1 is 1.50 bits per heavy atom. The minimum absolute atomic E-state index is 0.0556. The summed E-state index contributed by atoms with van der Waals surface area (Å²) in [6.45, 7) is 0.637. The summed E-state index contributed by atoms with van der Waals surface area (Å²) in [5.74, 6) is -2.82. The van der Waals surface area contributed by atoms with Crippen molar-refractivity contribution in [3.05, 3.63) is 29.3 Å². The number of benzene rings is 1. The molecule has 0 saturated carbocycles. The molecule has 0 bridgehead atoms. The molecule has 5 heteroatoms. The van der Waals surface area contributed by atoms with Crippen LogP contribution in [-0.4, -0.2) is 18.8 Å². The summed E-state index contributed by atoms with van der Waals surface area (Å²) in [6.07, 6.45) is -1.16. The number of hydrogen-bond acceptors (Lipinski definition) is 3. The van der Waals surface area contributed by atoms with Crippen LogP contribution in [0.1, 0.15) is 24.2 Å².